The first-order valence-corrected chi connectivity index (χ1v) is 11.1. The summed E-state index contributed by atoms with van der Waals surface area (Å²) in [6, 6.07) is 4.15. The molecule has 3 N–H and O–H groups in total. The maximum atomic E-state index is 12.4. The maximum absolute atomic E-state index is 12.4. The van der Waals surface area contributed by atoms with Crippen molar-refractivity contribution in [3.63, 3.8) is 0 Å². The molecule has 0 spiro atoms. The zero-order valence-electron chi connectivity index (χ0n) is 20.0. The van der Waals surface area contributed by atoms with Gasteiger partial charge in [-0.3, -0.25) is 14.4 Å². The van der Waals surface area contributed by atoms with Crippen LogP contribution in [0.5, 0.6) is 5.75 Å². The zero-order valence-corrected chi connectivity index (χ0v) is 20.0. The summed E-state index contributed by atoms with van der Waals surface area (Å²) >= 11 is 0. The van der Waals surface area contributed by atoms with E-state index in [2.05, 4.69) is 16.0 Å². The Kier molecular flexibility index (Phi) is 9.02. The minimum Gasteiger partial charge on any atom is -0.483 e. The van der Waals surface area contributed by atoms with E-state index >= 15 is 0 Å². The van der Waals surface area contributed by atoms with Crippen LogP contribution in [0.25, 0.3) is 11.0 Å². The van der Waals surface area contributed by atoms with Gasteiger partial charge in [0.1, 0.15) is 17.4 Å². The first kappa shape index (κ1) is 25.9. The number of carbonyl (C=O) groups is 3. The van der Waals surface area contributed by atoms with Gasteiger partial charge in [0.05, 0.1) is 6.54 Å². The summed E-state index contributed by atoms with van der Waals surface area (Å²) in [6.45, 7) is 10.5. The van der Waals surface area contributed by atoms with E-state index in [1.54, 1.807) is 19.1 Å². The van der Waals surface area contributed by atoms with Crippen LogP contribution in [0.1, 0.15) is 45.2 Å². The topological polar surface area (TPSA) is 127 Å². The van der Waals surface area contributed by atoms with E-state index < -0.39 is 23.5 Å². The van der Waals surface area contributed by atoms with Gasteiger partial charge in [0, 0.05) is 23.1 Å². The minimum absolute atomic E-state index is 0.0479. The van der Waals surface area contributed by atoms with Crippen LogP contribution in [0.3, 0.4) is 0 Å². The molecular weight excluding hydrogens is 426 g/mol. The van der Waals surface area contributed by atoms with Gasteiger partial charge < -0.3 is 25.1 Å². The van der Waals surface area contributed by atoms with Gasteiger partial charge in [-0.2, -0.15) is 0 Å². The van der Waals surface area contributed by atoms with Crippen molar-refractivity contribution in [1.82, 2.24) is 16.0 Å². The fraction of sp³-hybridized carbons (Fsp3) is 0.500. The molecule has 9 nitrogen and oxygen atoms in total. The highest BCUT2D eigenvalue weighted by atomic mass is 16.5. The molecule has 2 rings (SSSR count). The van der Waals surface area contributed by atoms with Gasteiger partial charge in [-0.15, -0.1) is 0 Å². The normalized spacial score (nSPS) is 12.8. The molecule has 180 valence electrons. The number of hydrogen-bond donors (Lipinski definition) is 3. The first-order chi connectivity index (χ1) is 15.5. The monoisotopic (exact) mass is 459 g/mol. The van der Waals surface area contributed by atoms with E-state index in [0.717, 1.165) is 10.9 Å². The average molecular weight is 460 g/mol. The second kappa shape index (κ2) is 11.5. The number of aryl methyl sites for hydroxylation is 2. The van der Waals surface area contributed by atoms with Crippen LogP contribution in [-0.4, -0.2) is 43.0 Å². The van der Waals surface area contributed by atoms with Gasteiger partial charge in [-0.05, 0) is 51.3 Å². The summed E-state index contributed by atoms with van der Waals surface area (Å²) in [6.07, 6.45) is 0.710. The molecule has 2 atom stereocenters. The largest absolute Gasteiger partial charge is 0.483 e. The lowest BCUT2D eigenvalue weighted by atomic mass is 9.98. The highest BCUT2D eigenvalue weighted by Crippen LogP contribution is 2.28. The minimum atomic E-state index is -0.684. The van der Waals surface area contributed by atoms with Gasteiger partial charge in [0.15, 0.2) is 6.61 Å². The third-order valence-corrected chi connectivity index (χ3v) is 5.37. The molecule has 33 heavy (non-hydrogen) atoms. The zero-order chi connectivity index (χ0) is 24.7. The van der Waals surface area contributed by atoms with Crippen LogP contribution < -0.4 is 26.3 Å². The van der Waals surface area contributed by atoms with E-state index in [4.69, 9.17) is 9.15 Å². The third-order valence-electron chi connectivity index (χ3n) is 5.37. The Morgan fingerprint density at radius 1 is 1.06 bits per heavy atom. The molecule has 0 saturated carbocycles. The summed E-state index contributed by atoms with van der Waals surface area (Å²) in [5.74, 6) is -0.880. The van der Waals surface area contributed by atoms with Crippen LogP contribution >= 0.6 is 0 Å². The maximum Gasteiger partial charge on any atom is 0.336 e. The van der Waals surface area contributed by atoms with Crippen molar-refractivity contribution in [1.29, 1.82) is 0 Å². The molecule has 0 radical (unpaired) electrons. The number of ether oxygens (including phenoxy) is 1. The molecule has 0 fully saturated rings. The van der Waals surface area contributed by atoms with Crippen molar-refractivity contribution >= 4 is 28.7 Å². The molecule has 0 saturated heterocycles. The lowest BCUT2D eigenvalue weighted by Crippen LogP contribution is -2.53. The molecule has 9 heteroatoms. The molecule has 1 aromatic carbocycles. The number of nitrogens with one attached hydrogen (secondary N) is 3. The molecule has 0 aliphatic heterocycles. The molecule has 0 bridgehead atoms. The van der Waals surface area contributed by atoms with Crippen molar-refractivity contribution < 1.29 is 23.5 Å². The van der Waals surface area contributed by atoms with Gasteiger partial charge in [-0.25, -0.2) is 4.79 Å². The predicted molar refractivity (Wildman–Crippen MR) is 125 cm³/mol. The second-order valence-corrected chi connectivity index (χ2v) is 8.47. The SMILES string of the molecule is CCC(C)C(NC(=O)CNC(=O)COc1ccc2c(C)cc(=O)oc2c1C)C(=O)NC(C)C. The number of rotatable bonds is 10. The van der Waals surface area contributed by atoms with Crippen LogP contribution in [0, 0.1) is 19.8 Å². The van der Waals surface area contributed by atoms with Crippen molar-refractivity contribution in [2.75, 3.05) is 13.2 Å². The van der Waals surface area contributed by atoms with Crippen LogP contribution in [0.2, 0.25) is 0 Å². The average Bonchev–Trinajstić information content (AvgIpc) is 2.74. The molecule has 3 amide bonds. The molecule has 1 heterocycles. The fourth-order valence-electron chi connectivity index (χ4n) is 3.33. The highest BCUT2D eigenvalue weighted by Gasteiger charge is 2.26. The Balaban J connectivity index is 1.93. The molecule has 1 aromatic heterocycles. The molecule has 2 unspecified atom stereocenters. The Morgan fingerprint density at radius 3 is 2.39 bits per heavy atom. The number of fused-ring (bicyclic) bond motifs is 1. The van der Waals surface area contributed by atoms with E-state index in [0.29, 0.717) is 23.3 Å². The van der Waals surface area contributed by atoms with Crippen LogP contribution in [-0.2, 0) is 14.4 Å². The lowest BCUT2D eigenvalue weighted by Gasteiger charge is -2.24. The van der Waals surface area contributed by atoms with Gasteiger partial charge in [0.2, 0.25) is 11.8 Å². The lowest BCUT2D eigenvalue weighted by molar-refractivity contribution is -0.131. The Bertz CT molecular complexity index is 1080. The number of carbonyl (C=O) groups excluding carboxylic acids is 3. The quantitative estimate of drug-likeness (QED) is 0.466. The standard InChI is InChI=1S/C24H33N3O6/c1-7-14(4)22(24(31)26-13(2)3)27-19(28)11-25-20(29)12-32-18-9-8-17-15(5)10-21(30)33-23(17)16(18)6/h8-10,13-14,22H,7,11-12H2,1-6H3,(H,25,29)(H,26,31)(H,27,28). The van der Waals surface area contributed by atoms with Crippen molar-refractivity contribution in [3.05, 3.63) is 39.7 Å². The van der Waals surface area contributed by atoms with Crippen molar-refractivity contribution in [3.8, 4) is 5.75 Å². The first-order valence-electron chi connectivity index (χ1n) is 11.1. The molecule has 0 aliphatic carbocycles. The van der Waals surface area contributed by atoms with Crippen LogP contribution in [0.15, 0.2) is 27.4 Å². The Labute approximate surface area is 193 Å². The fourth-order valence-corrected chi connectivity index (χ4v) is 3.33. The molecule has 0 aliphatic rings. The summed E-state index contributed by atoms with van der Waals surface area (Å²) in [5, 5.41) is 8.77. The number of hydrogen-bond acceptors (Lipinski definition) is 6. The van der Waals surface area contributed by atoms with E-state index in [1.807, 2.05) is 34.6 Å². The van der Waals surface area contributed by atoms with Crippen molar-refractivity contribution in [2.24, 2.45) is 5.92 Å². The third kappa shape index (κ3) is 7.06. The summed E-state index contributed by atoms with van der Waals surface area (Å²) in [7, 11) is 0. The van der Waals surface area contributed by atoms with Gasteiger partial charge >= 0.3 is 5.63 Å². The second-order valence-electron chi connectivity index (χ2n) is 8.47. The predicted octanol–water partition coefficient (Wildman–Crippen LogP) is 1.96. The Hall–Kier alpha value is -3.36. The number of benzene rings is 1. The van der Waals surface area contributed by atoms with Crippen molar-refractivity contribution in [2.45, 2.75) is 60.0 Å². The van der Waals surface area contributed by atoms with E-state index in [1.165, 1.54) is 6.07 Å². The van der Waals surface area contributed by atoms with Gasteiger partial charge in [-0.1, -0.05) is 20.3 Å². The van der Waals surface area contributed by atoms with E-state index in [9.17, 15) is 19.2 Å². The summed E-state index contributed by atoms with van der Waals surface area (Å²) in [4.78, 5) is 48.6. The Morgan fingerprint density at radius 2 is 1.76 bits per heavy atom. The summed E-state index contributed by atoms with van der Waals surface area (Å²) in [5.41, 5.74) is 1.35. The number of amides is 3. The summed E-state index contributed by atoms with van der Waals surface area (Å²) < 4.78 is 10.9. The van der Waals surface area contributed by atoms with Gasteiger partial charge in [0.25, 0.3) is 5.91 Å². The smallest absolute Gasteiger partial charge is 0.336 e. The molecule has 2 aromatic rings. The van der Waals surface area contributed by atoms with Crippen LogP contribution in [0.4, 0.5) is 0 Å². The molecular formula is C24H33N3O6. The highest BCUT2D eigenvalue weighted by molar-refractivity contribution is 5.90. The van der Waals surface area contributed by atoms with E-state index in [-0.39, 0.29) is 31.0 Å².